The molecule has 1 aromatic rings. The third kappa shape index (κ3) is 1.35. The van der Waals surface area contributed by atoms with Crippen LogP contribution in [0, 0.1) is 0 Å². The molecule has 1 aliphatic heterocycles. The molecule has 0 saturated carbocycles. The summed E-state index contributed by atoms with van der Waals surface area (Å²) in [4.78, 5) is 0. The van der Waals surface area contributed by atoms with Gasteiger partial charge in [-0.05, 0) is 17.5 Å². The van der Waals surface area contributed by atoms with Crippen molar-refractivity contribution in [2.45, 2.75) is 12.5 Å². The van der Waals surface area contributed by atoms with Crippen LogP contribution >= 0.6 is 11.6 Å². The lowest BCUT2D eigenvalue weighted by molar-refractivity contribution is 0.0579. The number of alkyl halides is 1. The second-order valence-corrected chi connectivity index (χ2v) is 3.27. The lowest BCUT2D eigenvalue weighted by Crippen LogP contribution is -2.16. The van der Waals surface area contributed by atoms with Crippen LogP contribution in [0.5, 0.6) is 0 Å². The molecule has 0 radical (unpaired) electrons. The van der Waals surface area contributed by atoms with E-state index in [1.54, 1.807) is 0 Å². The first-order chi connectivity index (χ1) is 5.92. The summed E-state index contributed by atoms with van der Waals surface area (Å²) in [6, 6.07) is 8.35. The molecule has 1 aliphatic rings. The Morgan fingerprint density at radius 1 is 1.42 bits per heavy atom. The molecule has 0 spiro atoms. The highest BCUT2D eigenvalue weighted by molar-refractivity contribution is 6.18. The Balaban J connectivity index is 2.37. The van der Waals surface area contributed by atoms with Gasteiger partial charge >= 0.3 is 0 Å². The first kappa shape index (κ1) is 8.09. The van der Waals surface area contributed by atoms with Crippen LogP contribution in [0.4, 0.5) is 0 Å². The fraction of sp³-hybridized carbons (Fsp3) is 0.400. The molecule has 0 aromatic heterocycles. The summed E-state index contributed by atoms with van der Waals surface area (Å²) >= 11 is 5.78. The molecule has 1 unspecified atom stereocenters. The lowest BCUT2D eigenvalue weighted by Gasteiger charge is -2.23. The van der Waals surface area contributed by atoms with E-state index in [0.717, 1.165) is 13.0 Å². The van der Waals surface area contributed by atoms with E-state index in [-0.39, 0.29) is 6.10 Å². The summed E-state index contributed by atoms with van der Waals surface area (Å²) < 4.78 is 5.52. The molecule has 1 atom stereocenters. The van der Waals surface area contributed by atoms with Crippen molar-refractivity contribution in [3.63, 3.8) is 0 Å². The minimum atomic E-state index is 0.108. The summed E-state index contributed by atoms with van der Waals surface area (Å²) in [7, 11) is 0. The number of fused-ring (bicyclic) bond motifs is 1. The molecule has 0 amide bonds. The number of halogens is 1. The predicted molar refractivity (Wildman–Crippen MR) is 49.6 cm³/mol. The molecule has 2 rings (SSSR count). The average molecular weight is 183 g/mol. The van der Waals surface area contributed by atoms with Gasteiger partial charge in [-0.1, -0.05) is 24.3 Å². The van der Waals surface area contributed by atoms with Crippen LogP contribution in [0.1, 0.15) is 17.2 Å². The molecule has 1 nitrogen and oxygen atoms in total. The van der Waals surface area contributed by atoms with Crippen molar-refractivity contribution < 1.29 is 4.74 Å². The second kappa shape index (κ2) is 3.46. The topological polar surface area (TPSA) is 9.23 Å². The van der Waals surface area contributed by atoms with Gasteiger partial charge in [0, 0.05) is 0 Å². The summed E-state index contributed by atoms with van der Waals surface area (Å²) in [5, 5.41) is 0. The lowest BCUT2D eigenvalue weighted by atomic mass is 9.99. The maximum atomic E-state index is 5.78. The molecule has 1 heterocycles. The van der Waals surface area contributed by atoms with E-state index >= 15 is 0 Å². The maximum Gasteiger partial charge on any atom is 0.0962 e. The molecule has 12 heavy (non-hydrogen) atoms. The summed E-state index contributed by atoms with van der Waals surface area (Å²) in [6.45, 7) is 0.800. The zero-order valence-corrected chi connectivity index (χ0v) is 7.55. The number of benzene rings is 1. The van der Waals surface area contributed by atoms with Crippen LogP contribution in [0.15, 0.2) is 24.3 Å². The number of rotatable bonds is 1. The van der Waals surface area contributed by atoms with Gasteiger partial charge in [-0.25, -0.2) is 0 Å². The van der Waals surface area contributed by atoms with E-state index in [1.807, 2.05) is 6.07 Å². The molecular weight excluding hydrogens is 172 g/mol. The summed E-state index contributed by atoms with van der Waals surface area (Å²) in [5.41, 5.74) is 2.65. The fourth-order valence-corrected chi connectivity index (χ4v) is 1.86. The maximum absolute atomic E-state index is 5.78. The SMILES string of the molecule is ClCC1OCCc2ccccc21. The number of ether oxygens (including phenoxy) is 1. The van der Waals surface area contributed by atoms with Gasteiger partial charge < -0.3 is 4.74 Å². The molecular formula is C10H11ClO. The van der Waals surface area contributed by atoms with Gasteiger partial charge in [0.05, 0.1) is 18.6 Å². The highest BCUT2D eigenvalue weighted by Crippen LogP contribution is 2.27. The Hall–Kier alpha value is -0.530. The van der Waals surface area contributed by atoms with Gasteiger partial charge in [-0.15, -0.1) is 11.6 Å². The van der Waals surface area contributed by atoms with Crippen LogP contribution in [0.2, 0.25) is 0 Å². The second-order valence-electron chi connectivity index (χ2n) is 2.96. The first-order valence-electron chi connectivity index (χ1n) is 4.17. The van der Waals surface area contributed by atoms with Crippen molar-refractivity contribution in [3.05, 3.63) is 35.4 Å². The third-order valence-corrected chi connectivity index (χ3v) is 2.51. The molecule has 0 fully saturated rings. The van der Waals surface area contributed by atoms with Crippen molar-refractivity contribution in [3.8, 4) is 0 Å². The smallest absolute Gasteiger partial charge is 0.0962 e. The average Bonchev–Trinajstić information content (AvgIpc) is 2.17. The minimum absolute atomic E-state index is 0.108. The van der Waals surface area contributed by atoms with Crippen molar-refractivity contribution in [1.29, 1.82) is 0 Å². The van der Waals surface area contributed by atoms with E-state index < -0.39 is 0 Å². The molecule has 0 N–H and O–H groups in total. The Labute approximate surface area is 77.3 Å². The predicted octanol–water partition coefficient (Wildman–Crippen LogP) is 2.54. The molecule has 0 saturated heterocycles. The zero-order valence-electron chi connectivity index (χ0n) is 6.79. The van der Waals surface area contributed by atoms with Gasteiger partial charge in [0.2, 0.25) is 0 Å². The molecule has 2 heteroatoms. The Morgan fingerprint density at radius 3 is 3.08 bits per heavy atom. The van der Waals surface area contributed by atoms with Gasteiger partial charge in [0.1, 0.15) is 0 Å². The van der Waals surface area contributed by atoms with E-state index in [2.05, 4.69) is 18.2 Å². The van der Waals surface area contributed by atoms with Gasteiger partial charge in [0.25, 0.3) is 0 Å². The molecule has 64 valence electrons. The van der Waals surface area contributed by atoms with Crippen LogP contribution < -0.4 is 0 Å². The van der Waals surface area contributed by atoms with E-state index in [9.17, 15) is 0 Å². The van der Waals surface area contributed by atoms with Crippen LogP contribution in [0.3, 0.4) is 0 Å². The first-order valence-corrected chi connectivity index (χ1v) is 4.70. The fourth-order valence-electron chi connectivity index (χ4n) is 1.60. The minimum Gasteiger partial charge on any atom is -0.372 e. The largest absolute Gasteiger partial charge is 0.372 e. The summed E-state index contributed by atoms with van der Waals surface area (Å²) in [5.74, 6) is 0.553. The summed E-state index contributed by atoms with van der Waals surface area (Å²) in [6.07, 6.45) is 1.13. The Bertz CT molecular complexity index is 272. The van der Waals surface area contributed by atoms with E-state index in [1.165, 1.54) is 11.1 Å². The van der Waals surface area contributed by atoms with Crippen LogP contribution in [-0.2, 0) is 11.2 Å². The highest BCUT2D eigenvalue weighted by Gasteiger charge is 2.18. The van der Waals surface area contributed by atoms with Gasteiger partial charge in [-0.3, -0.25) is 0 Å². The van der Waals surface area contributed by atoms with Gasteiger partial charge in [-0.2, -0.15) is 0 Å². The Kier molecular flexibility index (Phi) is 2.33. The van der Waals surface area contributed by atoms with Crippen molar-refractivity contribution in [2.24, 2.45) is 0 Å². The molecule has 1 aromatic carbocycles. The number of hydrogen-bond acceptors (Lipinski definition) is 1. The van der Waals surface area contributed by atoms with E-state index in [0.29, 0.717) is 5.88 Å². The van der Waals surface area contributed by atoms with Crippen molar-refractivity contribution >= 4 is 11.6 Å². The standard InChI is InChI=1S/C10H11ClO/c11-7-10-9-4-2-1-3-8(9)5-6-12-10/h1-4,10H,5-7H2. The quantitative estimate of drug-likeness (QED) is 0.607. The number of hydrogen-bond donors (Lipinski definition) is 0. The van der Waals surface area contributed by atoms with Gasteiger partial charge in [0.15, 0.2) is 0 Å². The van der Waals surface area contributed by atoms with E-state index in [4.69, 9.17) is 16.3 Å². The molecule has 0 bridgehead atoms. The molecule has 0 aliphatic carbocycles. The zero-order chi connectivity index (χ0) is 8.39. The Morgan fingerprint density at radius 2 is 2.25 bits per heavy atom. The van der Waals surface area contributed by atoms with Crippen LogP contribution in [-0.4, -0.2) is 12.5 Å². The van der Waals surface area contributed by atoms with Crippen molar-refractivity contribution in [2.75, 3.05) is 12.5 Å². The van der Waals surface area contributed by atoms with Crippen LogP contribution in [0.25, 0.3) is 0 Å². The van der Waals surface area contributed by atoms with Crippen molar-refractivity contribution in [1.82, 2.24) is 0 Å². The third-order valence-electron chi connectivity index (χ3n) is 2.23. The monoisotopic (exact) mass is 182 g/mol. The normalized spacial score (nSPS) is 21.9. The highest BCUT2D eigenvalue weighted by atomic mass is 35.5.